The predicted octanol–water partition coefficient (Wildman–Crippen LogP) is 5.60. The summed E-state index contributed by atoms with van der Waals surface area (Å²) in [6.45, 7) is 10.2. The number of anilines is 1. The van der Waals surface area contributed by atoms with Crippen LogP contribution in [0.5, 0.6) is 0 Å². The number of methoxy groups -OCH3 is 1. The van der Waals surface area contributed by atoms with E-state index in [0.29, 0.717) is 13.0 Å². The van der Waals surface area contributed by atoms with Gasteiger partial charge in [-0.25, -0.2) is 9.59 Å². The van der Waals surface area contributed by atoms with Gasteiger partial charge in [-0.15, -0.1) is 6.58 Å². The van der Waals surface area contributed by atoms with Crippen molar-refractivity contribution in [3.05, 3.63) is 40.9 Å². The van der Waals surface area contributed by atoms with Crippen molar-refractivity contribution in [1.82, 2.24) is 4.90 Å². The highest BCUT2D eigenvalue weighted by atomic mass is 79.9. The maximum absolute atomic E-state index is 13.4. The molecular formula is C23H29BrN2O4. The summed E-state index contributed by atoms with van der Waals surface area (Å²) in [5, 5.41) is 0. The third-order valence-corrected chi connectivity index (χ3v) is 7.36. The Morgan fingerprint density at radius 2 is 2.00 bits per heavy atom. The quantitative estimate of drug-likeness (QED) is 0.495. The Morgan fingerprint density at radius 1 is 1.27 bits per heavy atom. The zero-order valence-electron chi connectivity index (χ0n) is 18.0. The summed E-state index contributed by atoms with van der Waals surface area (Å²) >= 11 is 3.61. The fourth-order valence-corrected chi connectivity index (χ4v) is 6.39. The van der Waals surface area contributed by atoms with Crippen LogP contribution in [0.15, 0.2) is 35.3 Å². The second kappa shape index (κ2) is 7.01. The number of benzene rings is 1. The van der Waals surface area contributed by atoms with Gasteiger partial charge in [-0.1, -0.05) is 22.0 Å². The van der Waals surface area contributed by atoms with Crippen LogP contribution in [-0.4, -0.2) is 42.0 Å². The molecule has 4 rings (SSSR count). The number of carbonyl (C=O) groups excluding carboxylic acids is 2. The molecule has 1 saturated carbocycles. The number of fused-ring (bicyclic) bond motifs is 1. The molecule has 3 atom stereocenters. The van der Waals surface area contributed by atoms with Crippen LogP contribution < -0.4 is 4.90 Å². The van der Waals surface area contributed by atoms with Gasteiger partial charge < -0.3 is 9.47 Å². The molecule has 30 heavy (non-hydrogen) atoms. The standard InChI is InChI=1S/C23H29BrN2O4/c1-6-15-8-7-11-23-22(15,12-13-25(23)19(27)30-21(2,3)4)17-14-16(24)9-10-18(17)26(23)20(28)29-5/h6,9-10,14-15H,1,7-8,11-13H2,2-5H3/t15?,22-,23-/m1/s1. The minimum absolute atomic E-state index is 0.126. The lowest BCUT2D eigenvalue weighted by molar-refractivity contribution is -0.0154. The Bertz CT molecular complexity index is 911. The number of likely N-dealkylation sites (tertiary alicyclic amines) is 1. The van der Waals surface area contributed by atoms with Crippen molar-refractivity contribution in [1.29, 1.82) is 0 Å². The second-order valence-electron chi connectivity index (χ2n) is 9.37. The van der Waals surface area contributed by atoms with E-state index < -0.39 is 28.9 Å². The van der Waals surface area contributed by atoms with Crippen LogP contribution in [0.25, 0.3) is 0 Å². The highest BCUT2D eigenvalue weighted by Gasteiger charge is 2.74. The van der Waals surface area contributed by atoms with Gasteiger partial charge in [0.1, 0.15) is 11.3 Å². The summed E-state index contributed by atoms with van der Waals surface area (Å²) in [5.74, 6) is 0.126. The van der Waals surface area contributed by atoms with Crippen LogP contribution in [0, 0.1) is 5.92 Å². The zero-order chi connectivity index (χ0) is 21.9. The lowest BCUT2D eigenvalue weighted by atomic mass is 9.58. The minimum Gasteiger partial charge on any atom is -0.452 e. The van der Waals surface area contributed by atoms with Gasteiger partial charge in [-0.2, -0.15) is 0 Å². The Balaban J connectivity index is 1.98. The molecule has 1 unspecified atom stereocenters. The highest BCUT2D eigenvalue weighted by Crippen LogP contribution is 2.67. The average molecular weight is 477 g/mol. The molecule has 1 aromatic rings. The van der Waals surface area contributed by atoms with E-state index in [-0.39, 0.29) is 5.92 Å². The monoisotopic (exact) mass is 476 g/mol. The summed E-state index contributed by atoms with van der Waals surface area (Å²) in [4.78, 5) is 30.1. The molecule has 0 radical (unpaired) electrons. The van der Waals surface area contributed by atoms with Crippen LogP contribution in [0.3, 0.4) is 0 Å². The SMILES string of the molecule is C=CC1CCC[C@]23N(C(=O)OC(C)(C)C)CC[C@]12c1cc(Br)ccc1N3C(=O)OC. The summed E-state index contributed by atoms with van der Waals surface area (Å²) < 4.78 is 12.0. The molecule has 162 valence electrons. The molecule has 3 aliphatic rings. The van der Waals surface area contributed by atoms with E-state index in [9.17, 15) is 9.59 Å². The Kier molecular flexibility index (Phi) is 4.96. The first-order valence-electron chi connectivity index (χ1n) is 10.4. The number of halogens is 1. The fourth-order valence-electron chi connectivity index (χ4n) is 6.03. The predicted molar refractivity (Wildman–Crippen MR) is 119 cm³/mol. The number of nitrogens with zero attached hydrogens (tertiary/aromatic N) is 2. The number of allylic oxidation sites excluding steroid dienone is 1. The number of hydrogen-bond donors (Lipinski definition) is 0. The van der Waals surface area contributed by atoms with Crippen LogP contribution in [-0.2, 0) is 14.9 Å². The lowest BCUT2D eigenvalue weighted by Gasteiger charge is -2.54. The van der Waals surface area contributed by atoms with Crippen molar-refractivity contribution < 1.29 is 19.1 Å². The smallest absolute Gasteiger partial charge is 0.415 e. The normalized spacial score (nSPS) is 29.7. The molecule has 2 heterocycles. The van der Waals surface area contributed by atoms with E-state index in [1.165, 1.54) is 7.11 Å². The van der Waals surface area contributed by atoms with Gasteiger partial charge in [-0.3, -0.25) is 9.80 Å². The molecule has 0 spiro atoms. The zero-order valence-corrected chi connectivity index (χ0v) is 19.6. The van der Waals surface area contributed by atoms with Crippen LogP contribution in [0.4, 0.5) is 15.3 Å². The van der Waals surface area contributed by atoms with Crippen molar-refractivity contribution in [3.8, 4) is 0 Å². The summed E-state index contributed by atoms with van der Waals surface area (Å²) in [7, 11) is 1.39. The Morgan fingerprint density at radius 3 is 2.63 bits per heavy atom. The fraction of sp³-hybridized carbons (Fsp3) is 0.565. The van der Waals surface area contributed by atoms with Crippen molar-refractivity contribution in [2.75, 3.05) is 18.6 Å². The molecule has 0 bridgehead atoms. The van der Waals surface area contributed by atoms with Gasteiger partial charge in [0.05, 0.1) is 12.8 Å². The van der Waals surface area contributed by atoms with Gasteiger partial charge in [0, 0.05) is 16.4 Å². The van der Waals surface area contributed by atoms with E-state index in [1.807, 2.05) is 39.0 Å². The van der Waals surface area contributed by atoms with Gasteiger partial charge in [0.2, 0.25) is 0 Å². The largest absolute Gasteiger partial charge is 0.452 e. The molecule has 6 nitrogen and oxygen atoms in total. The third kappa shape index (κ3) is 2.67. The first-order chi connectivity index (χ1) is 14.1. The van der Waals surface area contributed by atoms with Crippen LogP contribution in [0.1, 0.15) is 52.0 Å². The molecule has 2 aliphatic heterocycles. The van der Waals surface area contributed by atoms with Gasteiger partial charge >= 0.3 is 12.2 Å². The molecule has 1 aromatic carbocycles. The number of hydrogen-bond acceptors (Lipinski definition) is 4. The third-order valence-electron chi connectivity index (χ3n) is 6.87. The molecule has 7 heteroatoms. The van der Waals surface area contributed by atoms with E-state index in [0.717, 1.165) is 35.0 Å². The number of ether oxygens (including phenoxy) is 2. The van der Waals surface area contributed by atoms with Gasteiger partial charge in [0.15, 0.2) is 0 Å². The number of rotatable bonds is 1. The number of amides is 2. The molecule has 2 fully saturated rings. The van der Waals surface area contributed by atoms with E-state index in [4.69, 9.17) is 9.47 Å². The van der Waals surface area contributed by atoms with E-state index in [2.05, 4.69) is 28.6 Å². The molecule has 0 N–H and O–H groups in total. The molecule has 1 saturated heterocycles. The molecule has 0 aromatic heterocycles. The minimum atomic E-state index is -0.872. The van der Waals surface area contributed by atoms with E-state index in [1.54, 1.807) is 9.80 Å². The van der Waals surface area contributed by atoms with Crippen molar-refractivity contribution in [3.63, 3.8) is 0 Å². The van der Waals surface area contributed by atoms with E-state index >= 15 is 0 Å². The summed E-state index contributed by atoms with van der Waals surface area (Å²) in [6.07, 6.45) is 4.39. The van der Waals surface area contributed by atoms with Crippen molar-refractivity contribution in [2.24, 2.45) is 5.92 Å². The Labute approximate surface area is 186 Å². The number of carbonyl (C=O) groups is 2. The first kappa shape index (κ1) is 21.2. The molecule has 1 aliphatic carbocycles. The average Bonchev–Trinajstić information content (AvgIpc) is 3.15. The van der Waals surface area contributed by atoms with Crippen molar-refractivity contribution >= 4 is 33.8 Å². The van der Waals surface area contributed by atoms with Crippen molar-refractivity contribution in [2.45, 2.75) is 63.1 Å². The highest BCUT2D eigenvalue weighted by molar-refractivity contribution is 9.10. The van der Waals surface area contributed by atoms with Crippen LogP contribution >= 0.6 is 15.9 Å². The van der Waals surface area contributed by atoms with Crippen LogP contribution in [0.2, 0.25) is 0 Å². The first-order valence-corrected chi connectivity index (χ1v) is 11.2. The van der Waals surface area contributed by atoms with Gasteiger partial charge in [-0.05, 0) is 76.1 Å². The maximum atomic E-state index is 13.4. The second-order valence-corrected chi connectivity index (χ2v) is 10.3. The Hall–Kier alpha value is -2.02. The topological polar surface area (TPSA) is 59.1 Å². The lowest BCUT2D eigenvalue weighted by Crippen LogP contribution is -2.69. The molecule has 2 amide bonds. The molecular weight excluding hydrogens is 448 g/mol. The maximum Gasteiger partial charge on any atom is 0.415 e. The summed E-state index contributed by atoms with van der Waals surface area (Å²) in [6, 6.07) is 5.96. The summed E-state index contributed by atoms with van der Waals surface area (Å²) in [5.41, 5.74) is -0.0828. The van der Waals surface area contributed by atoms with Gasteiger partial charge in [0.25, 0.3) is 0 Å².